The molecule has 1 rings (SSSR count). The third kappa shape index (κ3) is 5.13. The molecule has 0 aromatic carbocycles. The normalized spacial score (nSPS) is 13.1. The molecular weight excluding hydrogens is 258 g/mol. The first-order chi connectivity index (χ1) is 8.30. The molecule has 0 saturated carbocycles. The smallest absolute Gasteiger partial charge is 0.323 e. The average Bonchev–Trinajstić information content (AvgIpc) is 2.12. The lowest BCUT2D eigenvalue weighted by Gasteiger charge is -2.13. The highest BCUT2D eigenvalue weighted by Gasteiger charge is 2.13. The number of nitrogens with two attached hydrogens (primary N) is 1. The maximum absolute atomic E-state index is 11.1. The third-order valence-electron chi connectivity index (χ3n) is 1.83. The van der Waals surface area contributed by atoms with E-state index in [-0.39, 0.29) is 29.7 Å². The number of nitrogens with zero attached hydrogens (tertiary/aromatic N) is 3. The molecule has 0 amide bonds. The van der Waals surface area contributed by atoms with Gasteiger partial charge >= 0.3 is 6.01 Å². The lowest BCUT2D eigenvalue weighted by molar-refractivity contribution is 0.312. The van der Waals surface area contributed by atoms with Gasteiger partial charge in [-0.15, -0.1) is 0 Å². The highest BCUT2D eigenvalue weighted by Crippen LogP contribution is 2.10. The number of nitrogen functional groups attached to an aromatic ring is 1. The number of rotatable bonds is 6. The number of anilines is 2. The lowest BCUT2D eigenvalue weighted by Crippen LogP contribution is -2.26. The highest BCUT2D eigenvalue weighted by molar-refractivity contribution is 7.90. The summed E-state index contributed by atoms with van der Waals surface area (Å²) in [5.74, 6) is 0.187. The van der Waals surface area contributed by atoms with Crippen LogP contribution in [0.1, 0.15) is 13.8 Å². The molecule has 1 heterocycles. The van der Waals surface area contributed by atoms with Crippen LogP contribution in [-0.2, 0) is 9.84 Å². The molecule has 9 heteroatoms. The molecule has 0 radical (unpaired) electrons. The van der Waals surface area contributed by atoms with Gasteiger partial charge < -0.3 is 15.8 Å². The van der Waals surface area contributed by atoms with Gasteiger partial charge in [0, 0.05) is 12.3 Å². The summed E-state index contributed by atoms with van der Waals surface area (Å²) >= 11 is 0. The zero-order valence-electron chi connectivity index (χ0n) is 10.5. The molecule has 0 aliphatic heterocycles. The summed E-state index contributed by atoms with van der Waals surface area (Å²) in [5, 5.41) is 2.84. The van der Waals surface area contributed by atoms with Crippen molar-refractivity contribution in [1.82, 2.24) is 15.0 Å². The topological polar surface area (TPSA) is 120 Å². The molecule has 0 fully saturated rings. The van der Waals surface area contributed by atoms with E-state index in [1.165, 1.54) is 6.26 Å². The minimum atomic E-state index is -3.07. The quantitative estimate of drug-likeness (QED) is 0.725. The first-order valence-electron chi connectivity index (χ1n) is 5.38. The predicted molar refractivity (Wildman–Crippen MR) is 68.2 cm³/mol. The van der Waals surface area contributed by atoms with E-state index in [0.29, 0.717) is 6.61 Å². The molecule has 3 N–H and O–H groups in total. The van der Waals surface area contributed by atoms with Crippen molar-refractivity contribution in [2.45, 2.75) is 19.9 Å². The molecule has 8 nitrogen and oxygen atoms in total. The summed E-state index contributed by atoms with van der Waals surface area (Å²) in [6.07, 6.45) is 1.17. The van der Waals surface area contributed by atoms with Gasteiger partial charge in [0.2, 0.25) is 11.9 Å². The van der Waals surface area contributed by atoms with Gasteiger partial charge in [-0.05, 0) is 13.8 Å². The van der Waals surface area contributed by atoms with E-state index in [0.717, 1.165) is 0 Å². The fourth-order valence-electron chi connectivity index (χ4n) is 1.35. The van der Waals surface area contributed by atoms with Crippen molar-refractivity contribution in [2.24, 2.45) is 0 Å². The van der Waals surface area contributed by atoms with Gasteiger partial charge in [-0.3, -0.25) is 0 Å². The van der Waals surface area contributed by atoms with Crippen molar-refractivity contribution in [3.8, 4) is 6.01 Å². The van der Waals surface area contributed by atoms with E-state index in [1.807, 2.05) is 0 Å². The van der Waals surface area contributed by atoms with Crippen LogP contribution in [0.3, 0.4) is 0 Å². The number of aromatic nitrogens is 3. The first kappa shape index (κ1) is 14.4. The molecule has 1 atom stereocenters. The van der Waals surface area contributed by atoms with E-state index in [9.17, 15) is 8.42 Å². The Hall–Kier alpha value is -1.64. The molecule has 0 spiro atoms. The average molecular weight is 275 g/mol. The Balaban J connectivity index is 2.77. The second kappa shape index (κ2) is 5.80. The van der Waals surface area contributed by atoms with Crippen LogP contribution in [0.2, 0.25) is 0 Å². The Kier molecular flexibility index (Phi) is 4.65. The fourth-order valence-corrected chi connectivity index (χ4v) is 2.34. The summed E-state index contributed by atoms with van der Waals surface area (Å²) in [4.78, 5) is 11.6. The fraction of sp³-hybridized carbons (Fsp3) is 0.667. The van der Waals surface area contributed by atoms with E-state index in [1.54, 1.807) is 13.8 Å². The Bertz CT molecular complexity index is 505. The molecule has 0 bridgehead atoms. The summed E-state index contributed by atoms with van der Waals surface area (Å²) in [6, 6.07) is -0.227. The Morgan fingerprint density at radius 3 is 2.61 bits per heavy atom. The number of hydrogen-bond donors (Lipinski definition) is 2. The van der Waals surface area contributed by atoms with Gasteiger partial charge in [-0.25, -0.2) is 8.42 Å². The monoisotopic (exact) mass is 275 g/mol. The van der Waals surface area contributed by atoms with Crippen LogP contribution in [0.5, 0.6) is 6.01 Å². The third-order valence-corrected chi connectivity index (χ3v) is 2.94. The number of nitrogens with one attached hydrogen (secondary N) is 1. The first-order valence-corrected chi connectivity index (χ1v) is 7.45. The standard InChI is InChI=1S/C9H17N5O3S/c1-4-17-9-13-7(10)12-8(14-9)11-6(2)5-18(3,15)16/h6H,4-5H2,1-3H3,(H3,10,11,12,13,14). The van der Waals surface area contributed by atoms with Crippen molar-refractivity contribution >= 4 is 21.7 Å². The summed E-state index contributed by atoms with van der Waals surface area (Å²) in [5.41, 5.74) is 5.49. The zero-order chi connectivity index (χ0) is 13.8. The molecular formula is C9H17N5O3S. The van der Waals surface area contributed by atoms with Gasteiger partial charge in [0.05, 0.1) is 12.4 Å². The molecule has 1 aromatic rings. The minimum Gasteiger partial charge on any atom is -0.464 e. The molecule has 0 aliphatic rings. The second-order valence-corrected chi connectivity index (χ2v) is 6.06. The van der Waals surface area contributed by atoms with Crippen molar-refractivity contribution < 1.29 is 13.2 Å². The summed E-state index contributed by atoms with van der Waals surface area (Å²) in [7, 11) is -3.07. The summed E-state index contributed by atoms with van der Waals surface area (Å²) < 4.78 is 27.4. The van der Waals surface area contributed by atoms with Crippen LogP contribution in [0.4, 0.5) is 11.9 Å². The SMILES string of the molecule is CCOc1nc(N)nc(NC(C)CS(C)(=O)=O)n1. The largest absolute Gasteiger partial charge is 0.464 e. The molecule has 0 saturated heterocycles. The van der Waals surface area contributed by atoms with Crippen LogP contribution in [0, 0.1) is 0 Å². The molecule has 18 heavy (non-hydrogen) atoms. The minimum absolute atomic E-state index is 0.0162. The highest BCUT2D eigenvalue weighted by atomic mass is 32.2. The van der Waals surface area contributed by atoms with E-state index in [4.69, 9.17) is 10.5 Å². The number of ether oxygens (including phenoxy) is 1. The van der Waals surface area contributed by atoms with E-state index >= 15 is 0 Å². The van der Waals surface area contributed by atoms with Gasteiger partial charge in [0.15, 0.2) is 0 Å². The van der Waals surface area contributed by atoms with Gasteiger partial charge in [0.25, 0.3) is 0 Å². The lowest BCUT2D eigenvalue weighted by atomic mass is 10.4. The Morgan fingerprint density at radius 2 is 2.06 bits per heavy atom. The van der Waals surface area contributed by atoms with Crippen LogP contribution in [0.25, 0.3) is 0 Å². The molecule has 0 aliphatic carbocycles. The molecule has 1 unspecified atom stereocenters. The van der Waals surface area contributed by atoms with E-state index < -0.39 is 9.84 Å². The van der Waals surface area contributed by atoms with Gasteiger partial charge in [-0.2, -0.15) is 15.0 Å². The Morgan fingerprint density at radius 1 is 1.39 bits per heavy atom. The van der Waals surface area contributed by atoms with Crippen molar-refractivity contribution in [2.75, 3.05) is 29.7 Å². The Labute approximate surface area is 106 Å². The van der Waals surface area contributed by atoms with Crippen LogP contribution in [-0.4, -0.2) is 48.0 Å². The van der Waals surface area contributed by atoms with E-state index in [2.05, 4.69) is 20.3 Å². The van der Waals surface area contributed by atoms with Crippen LogP contribution >= 0.6 is 0 Å². The van der Waals surface area contributed by atoms with Crippen LogP contribution in [0.15, 0.2) is 0 Å². The van der Waals surface area contributed by atoms with Gasteiger partial charge in [0.1, 0.15) is 9.84 Å². The maximum atomic E-state index is 11.1. The van der Waals surface area contributed by atoms with Crippen molar-refractivity contribution in [3.05, 3.63) is 0 Å². The van der Waals surface area contributed by atoms with Crippen molar-refractivity contribution in [1.29, 1.82) is 0 Å². The zero-order valence-corrected chi connectivity index (χ0v) is 11.4. The summed E-state index contributed by atoms with van der Waals surface area (Å²) in [6.45, 7) is 3.91. The number of hydrogen-bond acceptors (Lipinski definition) is 8. The van der Waals surface area contributed by atoms with Crippen LogP contribution < -0.4 is 15.8 Å². The second-order valence-electron chi connectivity index (χ2n) is 3.87. The predicted octanol–water partition coefficient (Wildman–Crippen LogP) is -0.302. The number of sulfone groups is 1. The van der Waals surface area contributed by atoms with Crippen molar-refractivity contribution in [3.63, 3.8) is 0 Å². The molecule has 1 aromatic heterocycles. The molecule has 102 valence electrons. The van der Waals surface area contributed by atoms with Gasteiger partial charge in [-0.1, -0.05) is 0 Å². The maximum Gasteiger partial charge on any atom is 0.323 e.